The second-order valence-corrected chi connectivity index (χ2v) is 18.2. The lowest BCUT2D eigenvalue weighted by Crippen LogP contribution is -2.50. The second kappa shape index (κ2) is 17.0. The van der Waals surface area contributed by atoms with Gasteiger partial charge in [0.25, 0.3) is 5.91 Å². The molecule has 2 bridgehead atoms. The summed E-state index contributed by atoms with van der Waals surface area (Å²) in [5.74, 6) is -2.76. The summed E-state index contributed by atoms with van der Waals surface area (Å²) in [6.07, 6.45) is 6.20. The number of imide groups is 1. The fraction of sp³-hybridized carbons (Fsp3) is 0.468. The maximum absolute atomic E-state index is 15.3. The van der Waals surface area contributed by atoms with E-state index in [0.29, 0.717) is 100 Å². The summed E-state index contributed by atoms with van der Waals surface area (Å²) in [5, 5.41) is 10.1. The van der Waals surface area contributed by atoms with Crippen LogP contribution in [-0.2, 0) is 28.0 Å². The zero-order valence-electron chi connectivity index (χ0n) is 36.1. The highest BCUT2D eigenvalue weighted by Crippen LogP contribution is 2.42. The molecule has 1 saturated carbocycles. The van der Waals surface area contributed by atoms with Crippen molar-refractivity contribution in [3.05, 3.63) is 82.7 Å². The minimum atomic E-state index is -1.06. The number of aryl methyl sites for hydroxylation is 1. The van der Waals surface area contributed by atoms with Crippen LogP contribution in [0, 0.1) is 23.5 Å². The third kappa shape index (κ3) is 8.32. The third-order valence-corrected chi connectivity index (χ3v) is 13.5. The summed E-state index contributed by atoms with van der Waals surface area (Å²) in [6.45, 7) is 7.40. The van der Waals surface area contributed by atoms with Crippen molar-refractivity contribution in [2.45, 2.75) is 70.3 Å². The van der Waals surface area contributed by atoms with Gasteiger partial charge in [0, 0.05) is 94.3 Å². The predicted octanol–water partition coefficient (Wildman–Crippen LogP) is 5.57. The number of nitrogens with one attached hydrogen (secondary N) is 2. The van der Waals surface area contributed by atoms with Crippen LogP contribution in [0.25, 0.3) is 11.3 Å². The number of amides is 4. The van der Waals surface area contributed by atoms with Gasteiger partial charge in [-0.25, -0.2) is 13.5 Å². The van der Waals surface area contributed by atoms with Gasteiger partial charge in [0.15, 0.2) is 0 Å². The smallest absolute Gasteiger partial charge is 0.280 e. The van der Waals surface area contributed by atoms with Crippen molar-refractivity contribution in [3.63, 3.8) is 0 Å². The summed E-state index contributed by atoms with van der Waals surface area (Å²) in [5.41, 5.74) is 5.74. The molecule has 334 valence electrons. The van der Waals surface area contributed by atoms with Gasteiger partial charge >= 0.3 is 0 Å². The van der Waals surface area contributed by atoms with E-state index in [9.17, 15) is 19.2 Å². The number of carbonyl (C=O) groups excluding carboxylic acids is 4. The zero-order valence-corrected chi connectivity index (χ0v) is 36.1. The van der Waals surface area contributed by atoms with E-state index in [1.807, 2.05) is 29.0 Å². The van der Waals surface area contributed by atoms with Crippen molar-refractivity contribution in [1.82, 2.24) is 29.9 Å². The van der Waals surface area contributed by atoms with Crippen LogP contribution in [0.1, 0.15) is 90.9 Å². The fourth-order valence-electron chi connectivity index (χ4n) is 9.81. The number of pyridine rings is 1. The Bertz CT molecular complexity index is 2540. The standard InChI is InChI=1S/C47H52F2N10O5/c1-27-4-3-17-64-46-34(23-50-55(46)2)39-20-31(19-38(51-39)29-6-7-29)43(61)54-47-52-37-9-5-28(18-40(37)59(47)24-27)25-56-13-15-57(16-14-56)45(63)30-11-12-58(26-30)32-21-35(48)42(36(49)22-32)33-8-10-41(60)53-44(33)62/h5,9,18-23,27,29-30,33H,3-4,6-8,10-17,24-26H2,1-2H3,(H,52,54,61)(H,53,60,62)/t27-,30-,33-/m1/s1. The molecule has 4 amide bonds. The number of rotatable bonds is 6. The van der Waals surface area contributed by atoms with Crippen LogP contribution in [0.5, 0.6) is 5.88 Å². The number of ether oxygens (including phenoxy) is 1. The number of fused-ring (bicyclic) bond motifs is 7. The van der Waals surface area contributed by atoms with Crippen LogP contribution >= 0.6 is 0 Å². The SMILES string of the molecule is C[C@@H]1CCCOc2c(cnn2C)-c2cc(cc(C3CC3)n2)C(=O)/N=C2\Nc3ccc(CN4CCN(C(=O)[C@@H]5CCN(c6cc(F)c([C@H]7CCC(=O)NC7=O)c(F)c6)C5)CC4)cc3N2C1. The number of nitrogens with zero attached hydrogens (tertiary/aromatic N) is 8. The lowest BCUT2D eigenvalue weighted by Gasteiger charge is -2.36. The van der Waals surface area contributed by atoms with Gasteiger partial charge < -0.3 is 24.8 Å². The van der Waals surface area contributed by atoms with Gasteiger partial charge in [0.05, 0.1) is 47.3 Å². The van der Waals surface area contributed by atoms with E-state index in [0.717, 1.165) is 53.9 Å². The summed E-state index contributed by atoms with van der Waals surface area (Å²) in [6, 6.07) is 12.4. The highest BCUT2D eigenvalue weighted by atomic mass is 19.1. The molecule has 1 aliphatic carbocycles. The van der Waals surface area contributed by atoms with Crippen molar-refractivity contribution >= 4 is 46.7 Å². The number of carbonyl (C=O) groups is 4. The molecule has 0 spiro atoms. The van der Waals surface area contributed by atoms with Crippen molar-refractivity contribution in [3.8, 4) is 17.1 Å². The van der Waals surface area contributed by atoms with Crippen molar-refractivity contribution < 1.29 is 32.7 Å². The third-order valence-electron chi connectivity index (χ3n) is 13.5. The molecule has 6 aliphatic rings. The normalized spacial score (nSPS) is 23.8. The average molecular weight is 875 g/mol. The Hall–Kier alpha value is -6.23. The van der Waals surface area contributed by atoms with Gasteiger partial charge in [-0.15, -0.1) is 0 Å². The molecular formula is C47H52F2N10O5. The second-order valence-electron chi connectivity index (χ2n) is 18.2. The summed E-state index contributed by atoms with van der Waals surface area (Å²) >= 11 is 0. The average Bonchev–Trinajstić information content (AvgIpc) is 3.76. The number of halogens is 2. The van der Waals surface area contributed by atoms with Crippen LogP contribution in [0.15, 0.2) is 53.7 Å². The number of aromatic nitrogens is 3. The van der Waals surface area contributed by atoms with Gasteiger partial charge in [-0.2, -0.15) is 10.1 Å². The largest absolute Gasteiger partial charge is 0.477 e. The van der Waals surface area contributed by atoms with E-state index in [1.165, 1.54) is 12.1 Å². The monoisotopic (exact) mass is 874 g/mol. The number of aliphatic imine (C=N–C) groups is 1. The predicted molar refractivity (Wildman–Crippen MR) is 235 cm³/mol. The fourth-order valence-corrected chi connectivity index (χ4v) is 9.81. The maximum atomic E-state index is 15.3. The number of guanidine groups is 1. The maximum Gasteiger partial charge on any atom is 0.280 e. The van der Waals surface area contributed by atoms with E-state index in [4.69, 9.17) is 14.7 Å². The van der Waals surface area contributed by atoms with Gasteiger partial charge in [0.2, 0.25) is 29.6 Å². The number of hydrogen-bond donors (Lipinski definition) is 2. The Labute approximate surface area is 369 Å². The van der Waals surface area contributed by atoms with E-state index >= 15 is 8.78 Å². The van der Waals surface area contributed by atoms with E-state index in [-0.39, 0.29) is 42.1 Å². The molecule has 4 fully saturated rings. The first kappa shape index (κ1) is 41.8. The molecule has 3 saturated heterocycles. The first-order valence-electron chi connectivity index (χ1n) is 22.5. The van der Waals surface area contributed by atoms with Gasteiger partial charge in [-0.1, -0.05) is 13.0 Å². The first-order chi connectivity index (χ1) is 30.9. The Kier molecular flexibility index (Phi) is 11.1. The van der Waals surface area contributed by atoms with Crippen LogP contribution in [0.4, 0.5) is 25.8 Å². The minimum absolute atomic E-state index is 0.0221. The first-order valence-corrected chi connectivity index (χ1v) is 22.5. The van der Waals surface area contributed by atoms with Gasteiger partial charge in [0.1, 0.15) is 11.6 Å². The van der Waals surface area contributed by atoms with Crippen molar-refractivity contribution in [1.29, 1.82) is 0 Å². The molecule has 0 radical (unpaired) electrons. The Morgan fingerprint density at radius 3 is 2.47 bits per heavy atom. The van der Waals surface area contributed by atoms with Crippen LogP contribution in [0.2, 0.25) is 0 Å². The molecule has 4 aromatic rings. The molecule has 2 N–H and O–H groups in total. The Morgan fingerprint density at radius 1 is 0.906 bits per heavy atom. The molecule has 0 unspecified atom stereocenters. The van der Waals surface area contributed by atoms with Crippen LogP contribution in [-0.4, -0.2) is 107 Å². The van der Waals surface area contributed by atoms with Crippen LogP contribution < -0.4 is 25.2 Å². The van der Waals surface area contributed by atoms with E-state index < -0.39 is 29.4 Å². The van der Waals surface area contributed by atoms with Crippen molar-refractivity contribution in [2.24, 2.45) is 23.9 Å². The molecule has 7 heterocycles. The Morgan fingerprint density at radius 2 is 1.70 bits per heavy atom. The molecular weight excluding hydrogens is 823 g/mol. The molecule has 3 atom stereocenters. The highest BCUT2D eigenvalue weighted by Gasteiger charge is 2.37. The zero-order chi connectivity index (χ0) is 44.2. The van der Waals surface area contributed by atoms with E-state index in [1.54, 1.807) is 16.9 Å². The molecule has 10 rings (SSSR count). The van der Waals surface area contributed by atoms with E-state index in [2.05, 4.69) is 44.6 Å². The highest BCUT2D eigenvalue weighted by molar-refractivity contribution is 6.19. The summed E-state index contributed by atoms with van der Waals surface area (Å²) < 4.78 is 38.6. The topological polar surface area (TPSA) is 158 Å². The number of benzene rings is 2. The number of anilines is 3. The molecule has 17 heteroatoms. The minimum Gasteiger partial charge on any atom is -0.477 e. The van der Waals surface area contributed by atoms with Crippen molar-refractivity contribution in [2.75, 3.05) is 67.5 Å². The van der Waals surface area contributed by atoms with Crippen LogP contribution in [0.3, 0.4) is 0 Å². The molecule has 15 nitrogen and oxygen atoms in total. The molecule has 2 aromatic heterocycles. The van der Waals surface area contributed by atoms with Gasteiger partial charge in [-0.05, 0) is 86.4 Å². The number of hydrogen-bond acceptors (Lipinski definition) is 11. The quantitative estimate of drug-likeness (QED) is 0.234. The molecule has 5 aliphatic heterocycles. The Balaban J connectivity index is 0.794. The molecule has 2 aromatic carbocycles. The van der Waals surface area contributed by atoms with Gasteiger partial charge in [-0.3, -0.25) is 34.4 Å². The number of piperazine rings is 1. The lowest BCUT2D eigenvalue weighted by atomic mass is 9.89. The summed E-state index contributed by atoms with van der Waals surface area (Å²) in [7, 11) is 1.85. The lowest BCUT2D eigenvalue weighted by molar-refractivity contribution is -0.137. The number of piperidine rings is 1. The molecule has 64 heavy (non-hydrogen) atoms. The summed E-state index contributed by atoms with van der Waals surface area (Å²) in [4.78, 5) is 69.6.